The summed E-state index contributed by atoms with van der Waals surface area (Å²) >= 11 is 0.300. The molecule has 0 fully saturated rings. The van der Waals surface area contributed by atoms with Gasteiger partial charge in [0.25, 0.3) is 0 Å². The zero-order chi connectivity index (χ0) is 7.15. The molecule has 46 valence electrons. The van der Waals surface area contributed by atoms with Crippen molar-refractivity contribution < 1.29 is 32.3 Å². The number of carbonyl (C=O) groups excluding carboxylic acids is 1. The first-order chi connectivity index (χ1) is 3.64. The van der Waals surface area contributed by atoms with E-state index < -0.39 is 0 Å². The van der Waals surface area contributed by atoms with E-state index in [1.54, 1.807) is 13.8 Å². The summed E-state index contributed by atoms with van der Waals surface area (Å²) in [6, 6.07) is 0. The first-order valence-corrected chi connectivity index (χ1v) is 3.14. The van der Waals surface area contributed by atoms with Gasteiger partial charge >= 0.3 is 27.5 Å². The molecule has 0 aliphatic rings. The van der Waals surface area contributed by atoms with Crippen molar-refractivity contribution in [2.45, 2.75) is 13.8 Å². The van der Waals surface area contributed by atoms with E-state index in [4.69, 9.17) is 8.55 Å². The summed E-state index contributed by atoms with van der Waals surface area (Å²) in [7, 11) is 0. The molecule has 2 N–H and O–H groups in total. The van der Waals surface area contributed by atoms with E-state index in [1.807, 2.05) is 0 Å². The van der Waals surface area contributed by atoms with Crippen LogP contribution in [-0.4, -0.2) is 5.91 Å². The number of rotatable bonds is 1. The minimum atomic E-state index is -0.241. The van der Waals surface area contributed by atoms with Gasteiger partial charge in [0.15, 0.2) is 0 Å². The second kappa shape index (κ2) is 7.15. The molecule has 1 amide bonds. The Hall–Kier alpha value is 0.153. The second-order valence-electron chi connectivity index (χ2n) is 1.56. The van der Waals surface area contributed by atoms with Gasteiger partial charge in [-0.2, -0.15) is 0 Å². The summed E-state index contributed by atoms with van der Waals surface area (Å²) in [6.07, 6.45) is 0. The van der Waals surface area contributed by atoms with Crippen molar-refractivity contribution in [1.29, 1.82) is 0 Å². The molecule has 0 saturated heterocycles. The third kappa shape index (κ3) is 9.47. The average molecular weight is 194 g/mol. The Morgan fingerprint density at radius 2 is 1.62 bits per heavy atom. The van der Waals surface area contributed by atoms with Crippen molar-refractivity contribution in [2.75, 3.05) is 0 Å². The molecule has 0 aromatic carbocycles. The fourth-order valence-corrected chi connectivity index (χ4v) is 0. The molecule has 0 aliphatic heterocycles. The Labute approximate surface area is 63.9 Å². The first kappa shape index (κ1) is 11.0. The van der Waals surface area contributed by atoms with E-state index in [2.05, 4.69) is 0 Å². The van der Waals surface area contributed by atoms with Crippen molar-refractivity contribution in [3.63, 3.8) is 0 Å². The van der Waals surface area contributed by atoms with E-state index in [9.17, 15) is 4.79 Å². The van der Waals surface area contributed by atoms with Crippen LogP contribution in [-0.2, 0) is 32.3 Å². The van der Waals surface area contributed by atoms with Crippen molar-refractivity contribution in [2.24, 2.45) is 11.7 Å². The summed E-state index contributed by atoms with van der Waals surface area (Å²) in [5.41, 5.74) is 4.80. The quantitative estimate of drug-likeness (QED) is 0.639. The summed E-state index contributed by atoms with van der Waals surface area (Å²) in [5, 5.41) is 0. The van der Waals surface area contributed by atoms with Crippen molar-refractivity contribution in [1.82, 2.24) is 0 Å². The molecular formula is C4H9NO2Zr. The average Bonchev–Trinajstić information content (AvgIpc) is 1.72. The summed E-state index contributed by atoms with van der Waals surface area (Å²) in [4.78, 5) is 9.92. The number of carbonyl (C=O) groups is 1. The summed E-state index contributed by atoms with van der Waals surface area (Å²) < 4.78 is 8.34. The third-order valence-electron chi connectivity index (χ3n) is 0.569. The van der Waals surface area contributed by atoms with Crippen LogP contribution < -0.4 is 5.73 Å². The van der Waals surface area contributed by atoms with Crippen LogP contribution in [0.3, 0.4) is 0 Å². The van der Waals surface area contributed by atoms with Crippen LogP contribution >= 0.6 is 0 Å². The third-order valence-corrected chi connectivity index (χ3v) is 0.569. The predicted octanol–water partition coefficient (Wildman–Crippen LogP) is 0.00640. The molecule has 0 atom stereocenters. The maximum atomic E-state index is 9.92. The maximum absolute atomic E-state index is 9.92. The van der Waals surface area contributed by atoms with Crippen molar-refractivity contribution in [3.8, 4) is 0 Å². The number of primary amides is 1. The predicted molar refractivity (Wildman–Crippen MR) is 24.7 cm³/mol. The molecule has 0 aliphatic carbocycles. The van der Waals surface area contributed by atoms with Gasteiger partial charge in [-0.1, -0.05) is 13.8 Å². The molecular weight excluding hydrogens is 185 g/mol. The molecule has 0 saturated carbocycles. The standard InChI is InChI=1S/C4H9NO.O.Zr/c1-3(2)4(5)6;;/h3H,1-2H3,(H2,5,6);;. The summed E-state index contributed by atoms with van der Waals surface area (Å²) in [6.45, 7) is 3.53. The number of amides is 1. The van der Waals surface area contributed by atoms with Gasteiger partial charge in [-0.25, -0.2) is 0 Å². The van der Waals surface area contributed by atoms with E-state index in [0.717, 1.165) is 0 Å². The van der Waals surface area contributed by atoms with Crippen LogP contribution in [0.15, 0.2) is 0 Å². The number of nitrogens with two attached hydrogens (primary N) is 1. The van der Waals surface area contributed by atoms with Crippen LogP contribution in [0.2, 0.25) is 0 Å². The molecule has 0 aromatic rings. The fourth-order valence-electron chi connectivity index (χ4n) is 0. The van der Waals surface area contributed by atoms with Gasteiger partial charge in [-0.15, -0.1) is 0 Å². The molecule has 0 heterocycles. The topological polar surface area (TPSA) is 60.2 Å². The van der Waals surface area contributed by atoms with Gasteiger partial charge in [0.2, 0.25) is 5.91 Å². The monoisotopic (exact) mass is 193 g/mol. The van der Waals surface area contributed by atoms with E-state index in [1.165, 1.54) is 0 Å². The van der Waals surface area contributed by atoms with Gasteiger partial charge in [-0.3, -0.25) is 4.79 Å². The molecule has 0 spiro atoms. The van der Waals surface area contributed by atoms with Crippen LogP contribution in [0, 0.1) is 5.92 Å². The molecule has 0 unspecified atom stereocenters. The molecule has 0 bridgehead atoms. The summed E-state index contributed by atoms with van der Waals surface area (Å²) in [5.74, 6) is -0.250. The van der Waals surface area contributed by atoms with E-state index in [0.29, 0.717) is 24.7 Å². The zero-order valence-electron chi connectivity index (χ0n) is 4.97. The Morgan fingerprint density at radius 1 is 1.50 bits per heavy atom. The number of hydrogen-bond donors (Lipinski definition) is 1. The van der Waals surface area contributed by atoms with Gasteiger partial charge in [-0.05, 0) is 0 Å². The Bertz CT molecular complexity index is 74.4. The fraction of sp³-hybridized carbons (Fsp3) is 0.750. The van der Waals surface area contributed by atoms with Gasteiger partial charge in [0.05, 0.1) is 0 Å². The van der Waals surface area contributed by atoms with Crippen LogP contribution in [0.1, 0.15) is 13.8 Å². The SMILES string of the molecule is CC(C)C(N)=O.[O]=[Zr]. The molecule has 0 rings (SSSR count). The Balaban J connectivity index is 0. The molecule has 0 aromatic heterocycles. The Kier molecular flexibility index (Phi) is 9.85. The number of hydrogen-bond acceptors (Lipinski definition) is 2. The van der Waals surface area contributed by atoms with Gasteiger partial charge < -0.3 is 5.73 Å². The van der Waals surface area contributed by atoms with Crippen LogP contribution in [0.4, 0.5) is 0 Å². The van der Waals surface area contributed by atoms with E-state index >= 15 is 0 Å². The second-order valence-corrected chi connectivity index (χ2v) is 1.56. The van der Waals surface area contributed by atoms with Crippen molar-refractivity contribution >= 4 is 5.91 Å². The molecule has 4 heteroatoms. The molecule has 0 radical (unpaired) electrons. The van der Waals surface area contributed by atoms with Gasteiger partial charge in [0, 0.05) is 5.92 Å². The minimum absolute atomic E-state index is 0.00926. The van der Waals surface area contributed by atoms with Crippen molar-refractivity contribution in [3.05, 3.63) is 0 Å². The van der Waals surface area contributed by atoms with E-state index in [-0.39, 0.29) is 11.8 Å². The van der Waals surface area contributed by atoms with Gasteiger partial charge in [0.1, 0.15) is 0 Å². The molecule has 3 nitrogen and oxygen atoms in total. The normalized spacial score (nSPS) is 7.25. The first-order valence-electron chi connectivity index (χ1n) is 2.14. The Morgan fingerprint density at radius 3 is 1.62 bits per heavy atom. The zero-order valence-corrected chi connectivity index (χ0v) is 7.43. The molecule has 8 heavy (non-hydrogen) atoms. The van der Waals surface area contributed by atoms with Crippen LogP contribution in [0.5, 0.6) is 0 Å². The van der Waals surface area contributed by atoms with Crippen LogP contribution in [0.25, 0.3) is 0 Å².